The number of alkyl carbamates (subject to hydrolysis) is 1. The van der Waals surface area contributed by atoms with Crippen LogP contribution in [-0.2, 0) is 9.53 Å². The number of hydrogen-bond acceptors (Lipinski definition) is 5. The third kappa shape index (κ3) is 4.97. The number of benzene rings is 1. The Morgan fingerprint density at radius 1 is 1.27 bits per heavy atom. The Labute approximate surface area is 155 Å². The number of para-hydroxylation sites is 1. The molecule has 0 radical (unpaired) electrons. The zero-order valence-corrected chi connectivity index (χ0v) is 16.3. The van der Waals surface area contributed by atoms with E-state index in [0.29, 0.717) is 6.42 Å². The number of nitrogens with zero attached hydrogens (tertiary/aromatic N) is 3. The van der Waals surface area contributed by atoms with Gasteiger partial charge in [0.15, 0.2) is 0 Å². The van der Waals surface area contributed by atoms with Gasteiger partial charge in [-0.2, -0.15) is 5.10 Å². The highest BCUT2D eigenvalue weighted by atomic mass is 16.6. The van der Waals surface area contributed by atoms with Crippen LogP contribution in [0.15, 0.2) is 35.4 Å². The molecule has 0 spiro atoms. The second kappa shape index (κ2) is 7.76. The Kier molecular flexibility index (Phi) is 5.90. The average Bonchev–Trinajstić information content (AvgIpc) is 2.98. The van der Waals surface area contributed by atoms with E-state index in [4.69, 9.17) is 4.74 Å². The highest BCUT2D eigenvalue weighted by Crippen LogP contribution is 2.26. The number of carbonyl (C=O) groups is 2. The van der Waals surface area contributed by atoms with Crippen molar-refractivity contribution in [1.29, 1.82) is 0 Å². The van der Waals surface area contributed by atoms with Crippen LogP contribution in [0.4, 0.5) is 10.5 Å². The second-order valence-electron chi connectivity index (χ2n) is 7.59. The minimum absolute atomic E-state index is 0.0305. The van der Waals surface area contributed by atoms with Gasteiger partial charge in [-0.1, -0.05) is 18.2 Å². The summed E-state index contributed by atoms with van der Waals surface area (Å²) >= 11 is 0. The van der Waals surface area contributed by atoms with E-state index in [1.54, 1.807) is 24.0 Å². The number of amides is 2. The van der Waals surface area contributed by atoms with Crippen LogP contribution in [-0.4, -0.2) is 54.4 Å². The lowest BCUT2D eigenvalue weighted by Gasteiger charge is -2.25. The zero-order chi connectivity index (χ0) is 19.5. The van der Waals surface area contributed by atoms with E-state index in [2.05, 4.69) is 10.4 Å². The lowest BCUT2D eigenvalue weighted by Crippen LogP contribution is -2.43. The molecule has 2 amide bonds. The van der Waals surface area contributed by atoms with Crippen molar-refractivity contribution in [2.45, 2.75) is 51.8 Å². The van der Waals surface area contributed by atoms with Crippen LogP contribution >= 0.6 is 0 Å². The number of nitrogens with one attached hydrogen (secondary N) is 1. The summed E-state index contributed by atoms with van der Waals surface area (Å²) in [5, 5.41) is 9.15. The average molecular weight is 360 g/mol. The molecule has 1 aliphatic rings. The van der Waals surface area contributed by atoms with E-state index >= 15 is 0 Å². The number of hydrazone groups is 1. The molecule has 1 aromatic carbocycles. The molecule has 2 rings (SSSR count). The maximum atomic E-state index is 12.6. The van der Waals surface area contributed by atoms with Crippen LogP contribution in [0.25, 0.3) is 0 Å². The van der Waals surface area contributed by atoms with Gasteiger partial charge < -0.3 is 15.0 Å². The van der Waals surface area contributed by atoms with Gasteiger partial charge in [0.2, 0.25) is 5.91 Å². The van der Waals surface area contributed by atoms with Crippen molar-refractivity contribution in [3.63, 3.8) is 0 Å². The van der Waals surface area contributed by atoms with Crippen molar-refractivity contribution in [2.75, 3.05) is 19.1 Å². The van der Waals surface area contributed by atoms with Crippen molar-refractivity contribution >= 4 is 23.4 Å². The molecular formula is C19H28N4O3. The molecule has 0 bridgehead atoms. The van der Waals surface area contributed by atoms with Gasteiger partial charge in [-0.05, 0) is 39.8 Å². The molecule has 1 heterocycles. The number of rotatable bonds is 4. The molecule has 7 nitrogen and oxygen atoms in total. The first-order chi connectivity index (χ1) is 12.1. The van der Waals surface area contributed by atoms with Crippen molar-refractivity contribution in [3.05, 3.63) is 30.3 Å². The molecule has 1 aliphatic heterocycles. The molecule has 1 N–H and O–H groups in total. The molecule has 1 unspecified atom stereocenters. The minimum atomic E-state index is -0.569. The van der Waals surface area contributed by atoms with Gasteiger partial charge in [0.05, 0.1) is 17.4 Å². The Bertz CT molecular complexity index is 680. The van der Waals surface area contributed by atoms with Gasteiger partial charge in [-0.3, -0.25) is 9.80 Å². The molecule has 0 aliphatic carbocycles. The monoisotopic (exact) mass is 360 g/mol. The lowest BCUT2D eigenvalue weighted by atomic mass is 10.0. The second-order valence-corrected chi connectivity index (χ2v) is 7.59. The van der Waals surface area contributed by atoms with Gasteiger partial charge >= 0.3 is 6.09 Å². The Balaban J connectivity index is 2.18. The lowest BCUT2D eigenvalue weighted by molar-refractivity contribution is -0.129. The van der Waals surface area contributed by atoms with Crippen LogP contribution in [0.2, 0.25) is 0 Å². The summed E-state index contributed by atoms with van der Waals surface area (Å²) in [4.78, 5) is 26.2. The molecule has 0 saturated carbocycles. The Morgan fingerprint density at radius 2 is 1.88 bits per heavy atom. The van der Waals surface area contributed by atoms with Gasteiger partial charge in [-0.25, -0.2) is 4.79 Å². The zero-order valence-electron chi connectivity index (χ0n) is 16.3. The summed E-state index contributed by atoms with van der Waals surface area (Å²) in [6, 6.07) is 8.79. The van der Waals surface area contributed by atoms with Gasteiger partial charge in [0.1, 0.15) is 11.6 Å². The highest BCUT2D eigenvalue weighted by molar-refractivity contribution is 6.01. The normalized spacial score (nSPS) is 18.2. The molecule has 7 heteroatoms. The number of carbonyl (C=O) groups excluding carboxylic acids is 2. The Hall–Kier alpha value is -2.57. The third-order valence-electron chi connectivity index (χ3n) is 3.91. The number of likely N-dealkylation sites (N-methyl/N-ethyl adjacent to an activating group) is 1. The Morgan fingerprint density at radius 3 is 2.42 bits per heavy atom. The van der Waals surface area contributed by atoms with Crippen LogP contribution in [0.5, 0.6) is 0 Å². The number of ether oxygens (including phenoxy) is 1. The van der Waals surface area contributed by atoms with E-state index < -0.39 is 17.7 Å². The highest BCUT2D eigenvalue weighted by Gasteiger charge is 2.36. The van der Waals surface area contributed by atoms with Gasteiger partial charge in [-0.15, -0.1) is 0 Å². The summed E-state index contributed by atoms with van der Waals surface area (Å²) in [6.45, 7) is 7.28. The van der Waals surface area contributed by atoms with Crippen LogP contribution < -0.4 is 10.3 Å². The van der Waals surface area contributed by atoms with Gasteiger partial charge in [0, 0.05) is 20.5 Å². The molecule has 0 aromatic heterocycles. The SMILES string of the molecule is C[C@H](NC(=O)OC(C)(C)C)C1=NN(c2ccccc2)C(C(=O)N(C)C)C1. The van der Waals surface area contributed by atoms with Crippen LogP contribution in [0, 0.1) is 0 Å². The summed E-state index contributed by atoms with van der Waals surface area (Å²) in [6.07, 6.45) is -0.0515. The standard InChI is InChI=1S/C19H28N4O3/c1-13(20-18(25)26-19(2,3)4)15-12-16(17(24)22(5)6)23(21-15)14-10-8-7-9-11-14/h7-11,13,16H,12H2,1-6H3,(H,20,25)/t13-,16?/m0/s1. The first-order valence-electron chi connectivity index (χ1n) is 8.71. The van der Waals surface area contributed by atoms with Crippen LogP contribution in [0.1, 0.15) is 34.1 Å². The topological polar surface area (TPSA) is 74.2 Å². The molecule has 0 fully saturated rings. The molecular weight excluding hydrogens is 332 g/mol. The first-order valence-corrected chi connectivity index (χ1v) is 8.71. The van der Waals surface area contributed by atoms with E-state index in [-0.39, 0.29) is 11.9 Å². The van der Waals surface area contributed by atoms with E-state index in [0.717, 1.165) is 11.4 Å². The maximum Gasteiger partial charge on any atom is 0.408 e. The minimum Gasteiger partial charge on any atom is -0.444 e. The number of hydrogen-bond donors (Lipinski definition) is 1. The van der Waals surface area contributed by atoms with Gasteiger partial charge in [0.25, 0.3) is 0 Å². The summed E-state index contributed by atoms with van der Waals surface area (Å²) in [5.74, 6) is -0.0305. The summed E-state index contributed by atoms with van der Waals surface area (Å²) in [7, 11) is 3.46. The van der Waals surface area contributed by atoms with E-state index in [9.17, 15) is 9.59 Å². The van der Waals surface area contributed by atoms with E-state index in [1.165, 1.54) is 0 Å². The van der Waals surface area contributed by atoms with Crippen molar-refractivity contribution in [3.8, 4) is 0 Å². The van der Waals surface area contributed by atoms with Crippen LogP contribution in [0.3, 0.4) is 0 Å². The third-order valence-corrected chi connectivity index (χ3v) is 3.91. The molecule has 26 heavy (non-hydrogen) atoms. The predicted molar refractivity (Wildman–Crippen MR) is 102 cm³/mol. The smallest absolute Gasteiger partial charge is 0.408 e. The maximum absolute atomic E-state index is 12.6. The fourth-order valence-corrected chi connectivity index (χ4v) is 2.67. The molecule has 142 valence electrons. The fourth-order valence-electron chi connectivity index (χ4n) is 2.67. The quantitative estimate of drug-likeness (QED) is 0.896. The fraction of sp³-hybridized carbons (Fsp3) is 0.526. The van der Waals surface area contributed by atoms with Crippen molar-refractivity contribution < 1.29 is 14.3 Å². The molecule has 2 atom stereocenters. The summed E-state index contributed by atoms with van der Waals surface area (Å²) in [5.41, 5.74) is 1.01. The van der Waals surface area contributed by atoms with E-state index in [1.807, 2.05) is 58.0 Å². The molecule has 0 saturated heterocycles. The van der Waals surface area contributed by atoms with Crippen molar-refractivity contribution in [1.82, 2.24) is 10.2 Å². The first kappa shape index (κ1) is 19.8. The largest absolute Gasteiger partial charge is 0.444 e. The van der Waals surface area contributed by atoms with Crippen molar-refractivity contribution in [2.24, 2.45) is 5.10 Å². The predicted octanol–water partition coefficient (Wildman–Crippen LogP) is 2.62. The molecule has 1 aromatic rings. The number of anilines is 1. The summed E-state index contributed by atoms with van der Waals surface area (Å²) < 4.78 is 5.30.